The summed E-state index contributed by atoms with van der Waals surface area (Å²) in [6.07, 6.45) is 0. The van der Waals surface area contributed by atoms with Crippen LogP contribution < -0.4 is 0 Å². The second-order valence-corrected chi connectivity index (χ2v) is 0. The Kier molecular flexibility index (Phi) is 103. The molecule has 0 aromatic carbocycles. The minimum absolute atomic E-state index is 0. The molecule has 0 saturated heterocycles. The summed E-state index contributed by atoms with van der Waals surface area (Å²) in [5.74, 6) is 0. The van der Waals surface area contributed by atoms with E-state index < -0.39 is 0 Å². The Morgan fingerprint density at radius 3 is 1.00 bits per heavy atom. The molecule has 0 saturated carbocycles. The van der Waals surface area contributed by atoms with Gasteiger partial charge in [0.1, 0.15) is 0 Å². The van der Waals surface area contributed by atoms with Crippen molar-refractivity contribution < 1.29 is 61.3 Å². The smallest absolute Gasteiger partial charge is 0 e. The molecular weight excluding hydrogens is 420 g/mol. The zero-order chi connectivity index (χ0) is 0. The van der Waals surface area contributed by atoms with Gasteiger partial charge in [0.2, 0.25) is 0 Å². The van der Waals surface area contributed by atoms with Crippen LogP contribution in [0.2, 0.25) is 0 Å². The van der Waals surface area contributed by atoms with Crippen LogP contribution in [0.1, 0.15) is 0 Å². The molecule has 0 heterocycles. The molecule has 0 N–H and O–H groups in total. The maximum Gasteiger partial charge on any atom is 0 e. The third-order valence-corrected chi connectivity index (χ3v) is 0. The monoisotopic (exact) mass is 423 g/mol. The summed E-state index contributed by atoms with van der Waals surface area (Å²) >= 11 is 0. The number of rotatable bonds is 0. The Balaban J connectivity index is 0. The third-order valence-electron chi connectivity index (χ3n) is 0. The first-order valence-corrected chi connectivity index (χ1v) is 0. The standard InChI is InChI=1S/Ba.Ti.V.W.2H. The molecule has 4 heteroatoms. The Bertz CT molecular complexity index is 8.00. The average Bonchev–Trinajstić information content (AvgIpc) is 0. The first-order valence-electron chi connectivity index (χ1n) is 0. The molecule has 0 atom stereocenters. The van der Waals surface area contributed by atoms with E-state index in [0.29, 0.717) is 0 Å². The van der Waals surface area contributed by atoms with Crippen LogP contribution in [0.4, 0.5) is 0 Å². The van der Waals surface area contributed by atoms with Gasteiger partial charge in [0.25, 0.3) is 0 Å². The number of hydrogen-bond acceptors (Lipinski definition) is 0. The first kappa shape index (κ1) is 25.7. The van der Waals surface area contributed by atoms with Crippen molar-refractivity contribution in [3.63, 3.8) is 0 Å². The second kappa shape index (κ2) is 16.0. The van der Waals surface area contributed by atoms with Crippen LogP contribution in [0.15, 0.2) is 0 Å². The maximum atomic E-state index is 0. The molecule has 0 fully saturated rings. The van der Waals surface area contributed by atoms with Gasteiger partial charge in [0.15, 0.2) is 0 Å². The van der Waals surface area contributed by atoms with Crippen molar-refractivity contribution >= 4 is 48.9 Å². The van der Waals surface area contributed by atoms with Crippen LogP contribution in [0.25, 0.3) is 0 Å². The van der Waals surface area contributed by atoms with Gasteiger partial charge in [-0.2, -0.15) is 0 Å². The summed E-state index contributed by atoms with van der Waals surface area (Å²) in [6, 6.07) is 0. The molecule has 0 aliphatic rings. The Morgan fingerprint density at radius 2 is 1.00 bits per heavy atom. The van der Waals surface area contributed by atoms with E-state index in [1.54, 1.807) is 0 Å². The number of hydrogen-bond donors (Lipinski definition) is 0. The van der Waals surface area contributed by atoms with Crippen LogP contribution in [0, 0.1) is 0 Å². The summed E-state index contributed by atoms with van der Waals surface area (Å²) in [5, 5.41) is 0. The van der Waals surface area contributed by atoms with Gasteiger partial charge in [-0.1, -0.05) is 0 Å². The van der Waals surface area contributed by atoms with Crippen molar-refractivity contribution in [2.45, 2.75) is 0 Å². The largest absolute Gasteiger partial charge is 0 e. The fourth-order valence-corrected chi connectivity index (χ4v) is 0. The molecule has 0 nitrogen and oxygen atoms in total. The fourth-order valence-electron chi connectivity index (χ4n) is 0. The van der Waals surface area contributed by atoms with Gasteiger partial charge in [-0.25, -0.2) is 0 Å². The van der Waals surface area contributed by atoms with Crippen molar-refractivity contribution in [1.29, 1.82) is 0 Å². The van der Waals surface area contributed by atoms with Gasteiger partial charge in [-0.3, -0.25) is 0 Å². The SMILES string of the molecule is [BaH2].[Ti].[V].[W]. The van der Waals surface area contributed by atoms with Gasteiger partial charge < -0.3 is 0 Å². The molecule has 0 rings (SSSR count). The van der Waals surface area contributed by atoms with Crippen LogP contribution in [-0.2, 0) is 61.3 Å². The molecule has 0 aromatic rings. The predicted octanol–water partition coefficient (Wildman–Crippen LogP) is -0.924. The van der Waals surface area contributed by atoms with Crippen LogP contribution in [0.5, 0.6) is 0 Å². The van der Waals surface area contributed by atoms with E-state index in [9.17, 15) is 0 Å². The van der Waals surface area contributed by atoms with Crippen molar-refractivity contribution in [3.05, 3.63) is 0 Å². The van der Waals surface area contributed by atoms with E-state index in [2.05, 4.69) is 0 Å². The van der Waals surface area contributed by atoms with E-state index in [1.807, 2.05) is 0 Å². The van der Waals surface area contributed by atoms with Gasteiger partial charge >= 0.3 is 48.9 Å². The Morgan fingerprint density at radius 1 is 1.00 bits per heavy atom. The molecule has 0 amide bonds. The first-order chi connectivity index (χ1) is 0. The van der Waals surface area contributed by atoms with E-state index in [0.717, 1.165) is 0 Å². The molecule has 0 aliphatic carbocycles. The Hall–Kier alpha value is 3.56. The van der Waals surface area contributed by atoms with E-state index in [4.69, 9.17) is 0 Å². The summed E-state index contributed by atoms with van der Waals surface area (Å²) in [7, 11) is 0. The molecule has 4 heavy (non-hydrogen) atoms. The van der Waals surface area contributed by atoms with Crippen molar-refractivity contribution in [2.24, 2.45) is 0 Å². The van der Waals surface area contributed by atoms with E-state index >= 15 is 0 Å². The predicted molar refractivity (Wildman–Crippen MR) is 8.54 cm³/mol. The van der Waals surface area contributed by atoms with Crippen LogP contribution >= 0.6 is 0 Å². The van der Waals surface area contributed by atoms with E-state index in [1.165, 1.54) is 0 Å². The average molecular weight is 422 g/mol. The van der Waals surface area contributed by atoms with Crippen molar-refractivity contribution in [1.82, 2.24) is 0 Å². The van der Waals surface area contributed by atoms with Gasteiger partial charge in [-0.15, -0.1) is 0 Å². The summed E-state index contributed by atoms with van der Waals surface area (Å²) in [4.78, 5) is 0. The summed E-state index contributed by atoms with van der Waals surface area (Å²) < 4.78 is 0. The summed E-state index contributed by atoms with van der Waals surface area (Å²) in [5.41, 5.74) is 0. The molecule has 1 radical (unpaired) electrons. The third kappa shape index (κ3) is 9.12. The van der Waals surface area contributed by atoms with Gasteiger partial charge in [-0.05, 0) is 0 Å². The molecule has 0 unspecified atom stereocenters. The topological polar surface area (TPSA) is 0 Å². The normalized spacial score (nSPS) is 0. The van der Waals surface area contributed by atoms with Gasteiger partial charge in [0.05, 0.1) is 0 Å². The molecule has 0 aliphatic heterocycles. The quantitative estimate of drug-likeness (QED) is 0.444. The molecule has 19 valence electrons. The zero-order valence-electron chi connectivity index (χ0n) is 1.36. The minimum Gasteiger partial charge on any atom is 0 e. The molecule has 0 spiro atoms. The minimum atomic E-state index is 0. The van der Waals surface area contributed by atoms with Crippen LogP contribution in [0.3, 0.4) is 0 Å². The van der Waals surface area contributed by atoms with Crippen LogP contribution in [-0.4, -0.2) is 48.9 Å². The zero-order valence-corrected chi connectivity index (χ0v) is 7.25. The van der Waals surface area contributed by atoms with Crippen molar-refractivity contribution in [2.75, 3.05) is 0 Å². The van der Waals surface area contributed by atoms with Gasteiger partial charge in [0, 0.05) is 61.3 Å². The molecule has 0 aromatic heterocycles. The summed E-state index contributed by atoms with van der Waals surface area (Å²) in [6.45, 7) is 0. The molecule has 0 bridgehead atoms. The van der Waals surface area contributed by atoms with Crippen molar-refractivity contribution in [3.8, 4) is 0 Å². The maximum absolute atomic E-state index is 0. The van der Waals surface area contributed by atoms with E-state index in [-0.39, 0.29) is 110 Å². The second-order valence-electron chi connectivity index (χ2n) is 0. The molecular formula is H2BaTiVW. The Labute approximate surface area is 107 Å². The fraction of sp³-hybridized carbons (Fsp3) is 0.